The lowest BCUT2D eigenvalue weighted by Gasteiger charge is -2.14. The highest BCUT2D eigenvalue weighted by atomic mass is 127. The second kappa shape index (κ2) is 3.24. The van der Waals surface area contributed by atoms with Gasteiger partial charge in [-0.2, -0.15) is 0 Å². The molecule has 0 atom stereocenters. The molecule has 0 aliphatic carbocycles. The summed E-state index contributed by atoms with van der Waals surface area (Å²) in [5.41, 5.74) is 0.840. The van der Waals surface area contributed by atoms with Crippen molar-refractivity contribution in [3.05, 3.63) is 9.59 Å². The summed E-state index contributed by atoms with van der Waals surface area (Å²) in [5.74, 6) is 0.520. The molecule has 0 saturated carbocycles. The highest BCUT2D eigenvalue weighted by Gasteiger charge is 2.24. The van der Waals surface area contributed by atoms with Crippen LogP contribution in [-0.4, -0.2) is 12.1 Å². The monoisotopic (exact) mass is 281 g/mol. The molecule has 0 spiro atoms. The van der Waals surface area contributed by atoms with Gasteiger partial charge in [-0.25, -0.2) is 4.98 Å². The van der Waals surface area contributed by atoms with E-state index in [0.29, 0.717) is 9.84 Å². The standard InChI is InChI=1S/C8H12INO2/c1-8(2,3)5-6(11-4)12-7(9)10-5/h1-4H3. The van der Waals surface area contributed by atoms with E-state index < -0.39 is 0 Å². The predicted molar refractivity (Wildman–Crippen MR) is 54.5 cm³/mol. The Morgan fingerprint density at radius 3 is 2.33 bits per heavy atom. The van der Waals surface area contributed by atoms with Crippen molar-refractivity contribution in [1.82, 2.24) is 4.98 Å². The van der Waals surface area contributed by atoms with Crippen molar-refractivity contribution >= 4 is 22.6 Å². The third kappa shape index (κ3) is 1.91. The first-order chi connectivity index (χ1) is 5.45. The van der Waals surface area contributed by atoms with E-state index in [1.165, 1.54) is 0 Å². The zero-order chi connectivity index (χ0) is 9.35. The highest BCUT2D eigenvalue weighted by molar-refractivity contribution is 14.1. The number of nitrogens with zero attached hydrogens (tertiary/aromatic N) is 1. The Hall–Kier alpha value is -0.260. The molecule has 3 nitrogen and oxygen atoms in total. The van der Waals surface area contributed by atoms with Crippen molar-refractivity contribution in [2.24, 2.45) is 0 Å². The number of halogens is 1. The Kier molecular flexibility index (Phi) is 2.65. The second-order valence-electron chi connectivity index (χ2n) is 3.56. The molecule has 68 valence electrons. The number of hydrogen-bond donors (Lipinski definition) is 0. The first-order valence-corrected chi connectivity index (χ1v) is 4.74. The van der Waals surface area contributed by atoms with Crippen LogP contribution in [0.15, 0.2) is 4.42 Å². The van der Waals surface area contributed by atoms with Crippen molar-refractivity contribution in [2.45, 2.75) is 26.2 Å². The molecule has 0 bridgehead atoms. The van der Waals surface area contributed by atoms with Crippen LogP contribution in [0.25, 0.3) is 0 Å². The molecule has 0 N–H and O–H groups in total. The molecule has 0 saturated heterocycles. The molecule has 4 heteroatoms. The van der Waals surface area contributed by atoms with E-state index in [2.05, 4.69) is 25.8 Å². The van der Waals surface area contributed by atoms with E-state index in [-0.39, 0.29) is 5.41 Å². The van der Waals surface area contributed by atoms with Gasteiger partial charge in [-0.3, -0.25) is 0 Å². The summed E-state index contributed by atoms with van der Waals surface area (Å²) in [6.07, 6.45) is 0. The molecular weight excluding hydrogens is 269 g/mol. The van der Waals surface area contributed by atoms with Gasteiger partial charge in [0.25, 0.3) is 3.90 Å². The topological polar surface area (TPSA) is 35.3 Å². The van der Waals surface area contributed by atoms with Crippen molar-refractivity contribution in [3.8, 4) is 5.95 Å². The summed E-state index contributed by atoms with van der Waals surface area (Å²) < 4.78 is 10.9. The summed E-state index contributed by atoms with van der Waals surface area (Å²) in [6, 6.07) is 0. The largest absolute Gasteiger partial charge is 0.467 e. The Morgan fingerprint density at radius 2 is 2.00 bits per heavy atom. The van der Waals surface area contributed by atoms with Gasteiger partial charge in [-0.05, 0) is 0 Å². The third-order valence-electron chi connectivity index (χ3n) is 1.47. The number of ether oxygens (including phenoxy) is 1. The van der Waals surface area contributed by atoms with Crippen molar-refractivity contribution < 1.29 is 9.15 Å². The highest BCUT2D eigenvalue weighted by Crippen LogP contribution is 2.31. The van der Waals surface area contributed by atoms with Crippen LogP contribution in [-0.2, 0) is 5.41 Å². The Labute approximate surface area is 85.6 Å². The fourth-order valence-corrected chi connectivity index (χ4v) is 1.33. The molecule has 0 radical (unpaired) electrons. The van der Waals surface area contributed by atoms with E-state index >= 15 is 0 Å². The summed E-state index contributed by atoms with van der Waals surface area (Å²) >= 11 is 2.03. The van der Waals surface area contributed by atoms with E-state index in [9.17, 15) is 0 Å². The molecule has 0 aromatic carbocycles. The summed E-state index contributed by atoms with van der Waals surface area (Å²) in [4.78, 5) is 4.25. The Bertz CT molecular complexity index is 275. The van der Waals surface area contributed by atoms with Crippen LogP contribution in [0.1, 0.15) is 26.5 Å². The van der Waals surface area contributed by atoms with Crippen LogP contribution in [0.5, 0.6) is 5.95 Å². The van der Waals surface area contributed by atoms with Gasteiger partial charge in [0.15, 0.2) is 0 Å². The zero-order valence-corrected chi connectivity index (χ0v) is 9.80. The molecule has 1 aromatic heterocycles. The van der Waals surface area contributed by atoms with Crippen LogP contribution in [0.4, 0.5) is 0 Å². The molecule has 0 amide bonds. The zero-order valence-electron chi connectivity index (χ0n) is 7.64. The van der Waals surface area contributed by atoms with E-state index in [1.807, 2.05) is 22.6 Å². The number of rotatable bonds is 1. The lowest BCUT2D eigenvalue weighted by molar-refractivity contribution is 0.288. The van der Waals surface area contributed by atoms with E-state index in [1.54, 1.807) is 7.11 Å². The number of oxazole rings is 1. The van der Waals surface area contributed by atoms with Gasteiger partial charge >= 0.3 is 5.95 Å². The predicted octanol–water partition coefficient (Wildman–Crippen LogP) is 2.59. The fraction of sp³-hybridized carbons (Fsp3) is 0.625. The van der Waals surface area contributed by atoms with Gasteiger partial charge in [-0.15, -0.1) is 0 Å². The minimum atomic E-state index is -0.0295. The molecule has 1 rings (SSSR count). The summed E-state index contributed by atoms with van der Waals surface area (Å²) in [6.45, 7) is 6.22. The van der Waals surface area contributed by atoms with Gasteiger partial charge in [-0.1, -0.05) is 20.8 Å². The lowest BCUT2D eigenvalue weighted by atomic mass is 9.93. The molecule has 0 aliphatic rings. The fourth-order valence-electron chi connectivity index (χ4n) is 0.893. The third-order valence-corrected chi connectivity index (χ3v) is 1.93. The Morgan fingerprint density at radius 1 is 1.42 bits per heavy atom. The van der Waals surface area contributed by atoms with Crippen molar-refractivity contribution in [3.63, 3.8) is 0 Å². The van der Waals surface area contributed by atoms with Crippen LogP contribution < -0.4 is 4.74 Å². The maximum Gasteiger partial charge on any atom is 0.309 e. The average molecular weight is 281 g/mol. The van der Waals surface area contributed by atoms with E-state index in [4.69, 9.17) is 9.15 Å². The first kappa shape index (κ1) is 9.83. The second-order valence-corrected chi connectivity index (χ2v) is 4.48. The van der Waals surface area contributed by atoms with Crippen molar-refractivity contribution in [1.29, 1.82) is 0 Å². The molecule has 1 heterocycles. The average Bonchev–Trinajstić information content (AvgIpc) is 2.29. The summed E-state index contributed by atoms with van der Waals surface area (Å²) in [5, 5.41) is 0. The van der Waals surface area contributed by atoms with Gasteiger partial charge < -0.3 is 9.15 Å². The van der Waals surface area contributed by atoms with Crippen molar-refractivity contribution in [2.75, 3.05) is 7.11 Å². The minimum Gasteiger partial charge on any atom is -0.467 e. The lowest BCUT2D eigenvalue weighted by Crippen LogP contribution is -2.12. The molecule has 0 unspecified atom stereocenters. The molecule has 1 aromatic rings. The first-order valence-electron chi connectivity index (χ1n) is 3.66. The van der Waals surface area contributed by atoms with E-state index in [0.717, 1.165) is 5.69 Å². The van der Waals surface area contributed by atoms with Gasteiger partial charge in [0, 0.05) is 28.0 Å². The SMILES string of the molecule is COc1oc(I)nc1C(C)(C)C. The van der Waals surface area contributed by atoms with Crippen LogP contribution >= 0.6 is 22.6 Å². The molecular formula is C8H12INO2. The normalized spacial score (nSPS) is 11.8. The minimum absolute atomic E-state index is 0.0295. The number of aromatic nitrogens is 1. The Balaban J connectivity index is 3.13. The maximum atomic E-state index is 5.24. The van der Waals surface area contributed by atoms with Gasteiger partial charge in [0.05, 0.1) is 7.11 Å². The van der Waals surface area contributed by atoms with Crippen LogP contribution in [0, 0.1) is 3.90 Å². The van der Waals surface area contributed by atoms with Crippen LogP contribution in [0.3, 0.4) is 0 Å². The molecule has 0 fully saturated rings. The number of hydrogen-bond acceptors (Lipinski definition) is 3. The molecule has 12 heavy (non-hydrogen) atoms. The summed E-state index contributed by atoms with van der Waals surface area (Å²) in [7, 11) is 1.59. The smallest absolute Gasteiger partial charge is 0.309 e. The van der Waals surface area contributed by atoms with Gasteiger partial charge in [0.2, 0.25) is 0 Å². The molecule has 0 aliphatic heterocycles. The quantitative estimate of drug-likeness (QED) is 0.742. The number of methoxy groups -OCH3 is 1. The van der Waals surface area contributed by atoms with Gasteiger partial charge in [0.1, 0.15) is 5.69 Å². The van der Waals surface area contributed by atoms with Crippen LogP contribution in [0.2, 0.25) is 0 Å². The maximum absolute atomic E-state index is 5.24.